The van der Waals surface area contributed by atoms with E-state index in [0.717, 1.165) is 18.7 Å². The van der Waals surface area contributed by atoms with Crippen LogP contribution < -0.4 is 5.32 Å². The largest absolute Gasteiger partial charge is 0.306 e. The Hall–Kier alpha value is -1.78. The summed E-state index contributed by atoms with van der Waals surface area (Å²) in [6.07, 6.45) is 2.93. The van der Waals surface area contributed by atoms with Gasteiger partial charge in [-0.25, -0.2) is 4.39 Å². The molecule has 1 aromatic carbocycles. The summed E-state index contributed by atoms with van der Waals surface area (Å²) < 4.78 is 13.2. The third-order valence-corrected chi connectivity index (χ3v) is 3.43. The number of aromatic nitrogens is 1. The van der Waals surface area contributed by atoms with E-state index in [9.17, 15) is 4.39 Å². The van der Waals surface area contributed by atoms with Gasteiger partial charge >= 0.3 is 0 Å². The van der Waals surface area contributed by atoms with E-state index in [4.69, 9.17) is 0 Å². The Balaban J connectivity index is 2.02. The second-order valence-corrected chi connectivity index (χ2v) is 5.55. The Kier molecular flexibility index (Phi) is 5.42. The molecule has 3 nitrogen and oxygen atoms in total. The van der Waals surface area contributed by atoms with Gasteiger partial charge in [-0.2, -0.15) is 0 Å². The standard InChI is InChI=1S/C17H22FN3/c1-13(16-8-17(18)11-19-9-16)20-10-14-6-4-5-7-15(14)12-21(2)3/h4-9,11,13,20H,10,12H2,1-3H3. The van der Waals surface area contributed by atoms with E-state index >= 15 is 0 Å². The first-order valence-corrected chi connectivity index (χ1v) is 7.11. The zero-order valence-electron chi connectivity index (χ0n) is 12.8. The van der Waals surface area contributed by atoms with E-state index in [0.29, 0.717) is 0 Å². The molecule has 21 heavy (non-hydrogen) atoms. The van der Waals surface area contributed by atoms with Gasteiger partial charge in [0.25, 0.3) is 0 Å². The van der Waals surface area contributed by atoms with Crippen molar-refractivity contribution in [3.8, 4) is 0 Å². The molecule has 0 aliphatic heterocycles. The maximum atomic E-state index is 13.2. The van der Waals surface area contributed by atoms with E-state index in [1.54, 1.807) is 6.20 Å². The van der Waals surface area contributed by atoms with Crippen molar-refractivity contribution >= 4 is 0 Å². The molecule has 1 atom stereocenters. The summed E-state index contributed by atoms with van der Waals surface area (Å²) in [7, 11) is 4.12. The van der Waals surface area contributed by atoms with Gasteiger partial charge in [0, 0.05) is 25.3 Å². The van der Waals surface area contributed by atoms with E-state index in [2.05, 4.69) is 47.5 Å². The number of hydrogen-bond donors (Lipinski definition) is 1. The molecule has 112 valence electrons. The van der Waals surface area contributed by atoms with Crippen LogP contribution in [0.1, 0.15) is 29.7 Å². The molecule has 2 aromatic rings. The fourth-order valence-electron chi connectivity index (χ4n) is 2.27. The Morgan fingerprint density at radius 2 is 1.90 bits per heavy atom. The van der Waals surface area contributed by atoms with Gasteiger partial charge in [-0.15, -0.1) is 0 Å². The predicted molar refractivity (Wildman–Crippen MR) is 83.3 cm³/mol. The molecule has 1 N–H and O–H groups in total. The molecule has 1 heterocycles. The molecule has 4 heteroatoms. The maximum absolute atomic E-state index is 13.2. The lowest BCUT2D eigenvalue weighted by Gasteiger charge is -2.17. The molecule has 0 aliphatic carbocycles. The summed E-state index contributed by atoms with van der Waals surface area (Å²) >= 11 is 0. The smallest absolute Gasteiger partial charge is 0.141 e. The first-order chi connectivity index (χ1) is 10.1. The van der Waals surface area contributed by atoms with E-state index in [-0.39, 0.29) is 11.9 Å². The average Bonchev–Trinajstić information content (AvgIpc) is 2.45. The Morgan fingerprint density at radius 1 is 1.19 bits per heavy atom. The highest BCUT2D eigenvalue weighted by Gasteiger charge is 2.08. The first kappa shape index (κ1) is 15.6. The molecule has 0 spiro atoms. The number of benzene rings is 1. The van der Waals surface area contributed by atoms with Crippen molar-refractivity contribution in [3.63, 3.8) is 0 Å². The SMILES string of the molecule is CC(NCc1ccccc1CN(C)C)c1cncc(F)c1. The summed E-state index contributed by atoms with van der Waals surface area (Å²) in [4.78, 5) is 6.05. The molecule has 0 radical (unpaired) electrons. The normalized spacial score (nSPS) is 12.6. The summed E-state index contributed by atoms with van der Waals surface area (Å²) in [5.41, 5.74) is 3.43. The third-order valence-electron chi connectivity index (χ3n) is 3.43. The Labute approximate surface area is 125 Å². The van der Waals surface area contributed by atoms with Crippen molar-refractivity contribution in [2.45, 2.75) is 26.1 Å². The van der Waals surface area contributed by atoms with Crippen molar-refractivity contribution in [3.05, 3.63) is 65.2 Å². The van der Waals surface area contributed by atoms with Crippen LogP contribution in [0.4, 0.5) is 4.39 Å². The van der Waals surface area contributed by atoms with Gasteiger partial charge < -0.3 is 10.2 Å². The molecular formula is C17H22FN3. The number of hydrogen-bond acceptors (Lipinski definition) is 3. The number of rotatable bonds is 6. The highest BCUT2D eigenvalue weighted by molar-refractivity contribution is 5.27. The van der Waals surface area contributed by atoms with Gasteiger partial charge in [0.2, 0.25) is 0 Å². The van der Waals surface area contributed by atoms with Crippen LogP contribution in [0, 0.1) is 5.82 Å². The molecule has 0 fully saturated rings. The average molecular weight is 287 g/mol. The molecule has 0 bridgehead atoms. The van der Waals surface area contributed by atoms with Crippen LogP contribution >= 0.6 is 0 Å². The van der Waals surface area contributed by atoms with E-state index in [1.165, 1.54) is 23.4 Å². The number of nitrogens with one attached hydrogen (secondary N) is 1. The predicted octanol–water partition coefficient (Wildman–Crippen LogP) is 3.13. The van der Waals surface area contributed by atoms with Crippen LogP contribution in [0.15, 0.2) is 42.7 Å². The van der Waals surface area contributed by atoms with Gasteiger partial charge in [-0.3, -0.25) is 4.98 Å². The monoisotopic (exact) mass is 287 g/mol. The van der Waals surface area contributed by atoms with Gasteiger partial charge in [0.1, 0.15) is 5.82 Å². The first-order valence-electron chi connectivity index (χ1n) is 7.11. The van der Waals surface area contributed by atoms with Gasteiger partial charge in [-0.1, -0.05) is 24.3 Å². The zero-order valence-corrected chi connectivity index (χ0v) is 12.8. The minimum absolute atomic E-state index is 0.0561. The summed E-state index contributed by atoms with van der Waals surface area (Å²) in [5.74, 6) is -0.297. The van der Waals surface area contributed by atoms with Gasteiger partial charge in [0.15, 0.2) is 0 Å². The van der Waals surface area contributed by atoms with E-state index < -0.39 is 0 Å². The van der Waals surface area contributed by atoms with Crippen LogP contribution in [0.25, 0.3) is 0 Å². The van der Waals surface area contributed by atoms with E-state index in [1.807, 2.05) is 13.0 Å². The lowest BCUT2D eigenvalue weighted by Crippen LogP contribution is -2.20. The highest BCUT2D eigenvalue weighted by atomic mass is 19.1. The lowest BCUT2D eigenvalue weighted by atomic mass is 10.1. The number of pyridine rings is 1. The number of halogens is 1. The van der Waals surface area contributed by atoms with Crippen molar-refractivity contribution in [2.24, 2.45) is 0 Å². The maximum Gasteiger partial charge on any atom is 0.141 e. The van der Waals surface area contributed by atoms with Crippen LogP contribution in [0.2, 0.25) is 0 Å². The summed E-state index contributed by atoms with van der Waals surface area (Å²) in [6.45, 7) is 3.68. The molecule has 0 amide bonds. The van der Waals surface area contributed by atoms with Crippen LogP contribution in [0.3, 0.4) is 0 Å². The van der Waals surface area contributed by atoms with Crippen molar-refractivity contribution in [1.29, 1.82) is 0 Å². The van der Waals surface area contributed by atoms with Gasteiger partial charge in [-0.05, 0) is 43.8 Å². The van der Waals surface area contributed by atoms with Crippen molar-refractivity contribution in [1.82, 2.24) is 15.2 Å². The Bertz CT molecular complexity index is 584. The molecule has 1 aromatic heterocycles. The second-order valence-electron chi connectivity index (χ2n) is 5.55. The minimum Gasteiger partial charge on any atom is -0.306 e. The Morgan fingerprint density at radius 3 is 2.57 bits per heavy atom. The second kappa shape index (κ2) is 7.29. The minimum atomic E-state index is -0.297. The molecule has 2 rings (SSSR count). The summed E-state index contributed by atoms with van der Waals surface area (Å²) in [5, 5.41) is 3.43. The lowest BCUT2D eigenvalue weighted by molar-refractivity contribution is 0.399. The van der Waals surface area contributed by atoms with Crippen LogP contribution in [-0.4, -0.2) is 24.0 Å². The quantitative estimate of drug-likeness (QED) is 0.884. The van der Waals surface area contributed by atoms with Crippen LogP contribution in [-0.2, 0) is 13.1 Å². The third kappa shape index (κ3) is 4.62. The highest BCUT2D eigenvalue weighted by Crippen LogP contribution is 2.15. The van der Waals surface area contributed by atoms with Gasteiger partial charge in [0.05, 0.1) is 6.20 Å². The fraction of sp³-hybridized carbons (Fsp3) is 0.353. The zero-order chi connectivity index (χ0) is 15.2. The topological polar surface area (TPSA) is 28.2 Å². The number of nitrogens with zero attached hydrogens (tertiary/aromatic N) is 2. The molecular weight excluding hydrogens is 265 g/mol. The molecule has 0 aliphatic rings. The van der Waals surface area contributed by atoms with Crippen molar-refractivity contribution < 1.29 is 4.39 Å². The van der Waals surface area contributed by atoms with Crippen LogP contribution in [0.5, 0.6) is 0 Å². The molecule has 0 saturated carbocycles. The fourth-order valence-corrected chi connectivity index (χ4v) is 2.27. The molecule has 0 saturated heterocycles. The molecule has 1 unspecified atom stereocenters. The summed E-state index contributed by atoms with van der Waals surface area (Å²) in [6, 6.07) is 9.96. The van der Waals surface area contributed by atoms with Crippen molar-refractivity contribution in [2.75, 3.05) is 14.1 Å².